The molecule has 3 heteroatoms. The Morgan fingerprint density at radius 2 is 1.70 bits per heavy atom. The zero-order chi connectivity index (χ0) is 7.82. The molecule has 0 atom stereocenters. The van der Waals surface area contributed by atoms with Crippen LogP contribution in [0.2, 0.25) is 0 Å². The lowest BCUT2D eigenvalue weighted by Gasteiger charge is -2.04. The van der Waals surface area contributed by atoms with Crippen LogP contribution in [0, 0.1) is 11.7 Å². The molecule has 0 radical (unpaired) electrons. The molecule has 0 saturated heterocycles. The molecule has 0 saturated carbocycles. The normalized spacial score (nSPS) is 8.30. The smallest absolute Gasteiger partial charge is 0.401 e. The van der Waals surface area contributed by atoms with Crippen molar-refractivity contribution in [1.29, 1.82) is 0 Å². The first-order chi connectivity index (χ1) is 4.85. The van der Waals surface area contributed by atoms with Gasteiger partial charge in [-0.3, -0.25) is 0 Å². The van der Waals surface area contributed by atoms with Crippen molar-refractivity contribution in [2.24, 2.45) is 0 Å². The maximum Gasteiger partial charge on any atom is 0.550 e. The van der Waals surface area contributed by atoms with E-state index in [1.165, 1.54) is 0 Å². The largest absolute Gasteiger partial charge is 0.550 e. The third kappa shape index (κ3) is 4.43. The molecule has 0 fully saturated rings. The third-order valence-corrected chi connectivity index (χ3v) is 0.898. The topological polar surface area (TPSA) is 18.5 Å². The summed E-state index contributed by atoms with van der Waals surface area (Å²) in [6, 6.07) is 0. The highest BCUT2D eigenvalue weighted by Crippen LogP contribution is 1.86. The van der Waals surface area contributed by atoms with E-state index in [9.17, 15) is 0 Å². The quantitative estimate of drug-likeness (QED) is 0.430. The van der Waals surface area contributed by atoms with Gasteiger partial charge in [0.1, 0.15) is 0 Å². The van der Waals surface area contributed by atoms with E-state index in [2.05, 4.69) is 11.7 Å². The molecule has 0 aromatic carbocycles. The van der Waals surface area contributed by atoms with Crippen molar-refractivity contribution >= 4 is 7.12 Å². The van der Waals surface area contributed by atoms with Crippen molar-refractivity contribution in [3.63, 3.8) is 0 Å². The first kappa shape index (κ1) is 9.54. The van der Waals surface area contributed by atoms with E-state index in [0.29, 0.717) is 13.2 Å². The first-order valence-electron chi connectivity index (χ1n) is 3.50. The van der Waals surface area contributed by atoms with Gasteiger partial charge >= 0.3 is 7.12 Å². The van der Waals surface area contributed by atoms with Gasteiger partial charge in [-0.05, 0) is 20.8 Å². The van der Waals surface area contributed by atoms with Gasteiger partial charge in [0.25, 0.3) is 0 Å². The fourth-order valence-electron chi connectivity index (χ4n) is 0.552. The second-order valence-electron chi connectivity index (χ2n) is 1.64. The minimum Gasteiger partial charge on any atom is -0.401 e. The minimum absolute atomic E-state index is 0.333. The van der Waals surface area contributed by atoms with Gasteiger partial charge in [-0.2, -0.15) is 0 Å². The highest BCUT2D eigenvalue weighted by molar-refractivity contribution is 6.54. The first-order valence-corrected chi connectivity index (χ1v) is 3.50. The minimum atomic E-state index is -0.333. The Morgan fingerprint density at radius 3 is 2.00 bits per heavy atom. The van der Waals surface area contributed by atoms with Crippen LogP contribution in [0.4, 0.5) is 0 Å². The van der Waals surface area contributed by atoms with Gasteiger partial charge in [0.2, 0.25) is 0 Å². The highest BCUT2D eigenvalue weighted by Gasteiger charge is 2.11. The molecule has 10 heavy (non-hydrogen) atoms. The molecule has 0 spiro atoms. The second kappa shape index (κ2) is 6.66. The van der Waals surface area contributed by atoms with Gasteiger partial charge in [-0.1, -0.05) is 5.82 Å². The van der Waals surface area contributed by atoms with E-state index < -0.39 is 0 Å². The second-order valence-corrected chi connectivity index (χ2v) is 1.64. The fraction of sp³-hybridized carbons (Fsp3) is 0.714. The maximum atomic E-state index is 5.13. The Labute approximate surface area is 63.0 Å². The molecule has 0 aromatic rings. The van der Waals surface area contributed by atoms with Gasteiger partial charge in [-0.15, -0.1) is 5.92 Å². The predicted octanol–water partition coefficient (Wildman–Crippen LogP) is 1.11. The van der Waals surface area contributed by atoms with Crippen LogP contribution in [0.25, 0.3) is 0 Å². The molecule has 0 aliphatic rings. The summed E-state index contributed by atoms with van der Waals surface area (Å²) in [5.74, 6) is 5.53. The average molecular weight is 140 g/mol. The predicted molar refractivity (Wildman–Crippen MR) is 42.5 cm³/mol. The van der Waals surface area contributed by atoms with E-state index in [4.69, 9.17) is 9.31 Å². The average Bonchev–Trinajstić information content (AvgIpc) is 1.90. The van der Waals surface area contributed by atoms with Crippen LogP contribution in [-0.2, 0) is 9.31 Å². The summed E-state index contributed by atoms with van der Waals surface area (Å²) >= 11 is 0. The molecule has 2 nitrogen and oxygen atoms in total. The van der Waals surface area contributed by atoms with Crippen LogP contribution in [-0.4, -0.2) is 20.3 Å². The van der Waals surface area contributed by atoms with E-state index in [0.717, 1.165) is 0 Å². The Kier molecular flexibility index (Phi) is 6.36. The molecule has 0 rings (SSSR count). The summed E-state index contributed by atoms with van der Waals surface area (Å²) < 4.78 is 10.3. The van der Waals surface area contributed by atoms with Crippen LogP contribution in [0.15, 0.2) is 0 Å². The molecule has 56 valence electrons. The van der Waals surface area contributed by atoms with Crippen molar-refractivity contribution in [3.8, 4) is 11.7 Å². The molecule has 0 aliphatic heterocycles. The summed E-state index contributed by atoms with van der Waals surface area (Å²) in [4.78, 5) is 0. The van der Waals surface area contributed by atoms with Crippen molar-refractivity contribution in [2.45, 2.75) is 20.8 Å². The van der Waals surface area contributed by atoms with Gasteiger partial charge in [0.15, 0.2) is 0 Å². The molecule has 0 heterocycles. The van der Waals surface area contributed by atoms with Crippen LogP contribution in [0.1, 0.15) is 20.8 Å². The lowest BCUT2D eigenvalue weighted by Crippen LogP contribution is -2.20. The third-order valence-electron chi connectivity index (χ3n) is 0.898. The van der Waals surface area contributed by atoms with Crippen molar-refractivity contribution in [3.05, 3.63) is 0 Å². The zero-order valence-electron chi connectivity index (χ0n) is 6.81. The van der Waals surface area contributed by atoms with Gasteiger partial charge in [0.05, 0.1) is 0 Å². The van der Waals surface area contributed by atoms with Crippen LogP contribution >= 0.6 is 0 Å². The summed E-state index contributed by atoms with van der Waals surface area (Å²) in [6.07, 6.45) is 0. The van der Waals surface area contributed by atoms with Crippen LogP contribution < -0.4 is 0 Å². The molecular weight excluding hydrogens is 127 g/mol. The standard InChI is InChI=1S/C7H13BO2/c1-4-7-8(9-5-2)10-6-3/h5-6H2,1-3H3. The van der Waals surface area contributed by atoms with Crippen molar-refractivity contribution < 1.29 is 9.31 Å². The molecule has 0 unspecified atom stereocenters. The highest BCUT2D eigenvalue weighted by atomic mass is 16.6. The number of rotatable bonds is 4. The van der Waals surface area contributed by atoms with Gasteiger partial charge in [0, 0.05) is 13.2 Å². The van der Waals surface area contributed by atoms with Gasteiger partial charge in [-0.25, -0.2) is 0 Å². The molecule has 0 bridgehead atoms. The van der Waals surface area contributed by atoms with Gasteiger partial charge < -0.3 is 9.31 Å². The lowest BCUT2D eigenvalue weighted by atomic mass is 9.92. The Balaban J connectivity index is 3.57. The van der Waals surface area contributed by atoms with Crippen molar-refractivity contribution in [1.82, 2.24) is 0 Å². The van der Waals surface area contributed by atoms with E-state index >= 15 is 0 Å². The summed E-state index contributed by atoms with van der Waals surface area (Å²) in [5.41, 5.74) is 0. The number of hydrogen-bond donors (Lipinski definition) is 0. The molecule has 0 N–H and O–H groups in total. The van der Waals surface area contributed by atoms with Crippen molar-refractivity contribution in [2.75, 3.05) is 13.2 Å². The van der Waals surface area contributed by atoms with Crippen LogP contribution in [0.3, 0.4) is 0 Å². The van der Waals surface area contributed by atoms with Crippen LogP contribution in [0.5, 0.6) is 0 Å². The molecule has 0 amide bonds. The fourth-order valence-corrected chi connectivity index (χ4v) is 0.552. The van der Waals surface area contributed by atoms with E-state index in [1.807, 2.05) is 13.8 Å². The Bertz CT molecular complexity index is 119. The molecule has 0 aromatic heterocycles. The number of hydrogen-bond acceptors (Lipinski definition) is 2. The lowest BCUT2D eigenvalue weighted by molar-refractivity contribution is 0.226. The van der Waals surface area contributed by atoms with E-state index in [1.54, 1.807) is 6.92 Å². The summed E-state index contributed by atoms with van der Waals surface area (Å²) in [6.45, 7) is 6.89. The SMILES string of the molecule is CC#CB(OCC)OCC. The summed E-state index contributed by atoms with van der Waals surface area (Å²) in [5, 5.41) is 0. The Hall–Kier alpha value is -0.455. The van der Waals surface area contributed by atoms with E-state index in [-0.39, 0.29) is 7.12 Å². The zero-order valence-corrected chi connectivity index (χ0v) is 6.81. The maximum absolute atomic E-state index is 5.13. The Morgan fingerprint density at radius 1 is 1.20 bits per heavy atom. The molecule has 0 aliphatic carbocycles. The monoisotopic (exact) mass is 140 g/mol. The molecular formula is C7H13BO2. The summed E-state index contributed by atoms with van der Waals surface area (Å²) in [7, 11) is -0.333.